The van der Waals surface area contributed by atoms with Crippen LogP contribution in [0.25, 0.3) is 0 Å². The standard InChI is InChI=1S/C20H31BrN2O/c21-19-15-11-10-12-17(19)16-22-20(24)23-18-13-8-6-4-2-1-3-5-7-9-14-18/h10-12,15,18H,1-9,13-14,16H2,(H2,22,23,24). The van der Waals surface area contributed by atoms with Crippen LogP contribution in [0.15, 0.2) is 28.7 Å². The predicted octanol–water partition coefficient (Wildman–Crippen LogP) is 5.92. The summed E-state index contributed by atoms with van der Waals surface area (Å²) in [6.07, 6.45) is 14.2. The Bertz CT molecular complexity index is 480. The Balaban J connectivity index is 1.75. The molecule has 4 heteroatoms. The molecule has 1 aliphatic rings. The van der Waals surface area contributed by atoms with Crippen molar-refractivity contribution in [3.63, 3.8) is 0 Å². The molecule has 3 nitrogen and oxygen atoms in total. The molecular formula is C20H31BrN2O. The maximum absolute atomic E-state index is 12.2. The number of hydrogen-bond acceptors (Lipinski definition) is 1. The van der Waals surface area contributed by atoms with Crippen LogP contribution in [0.4, 0.5) is 4.79 Å². The van der Waals surface area contributed by atoms with Gasteiger partial charge in [0.25, 0.3) is 0 Å². The summed E-state index contributed by atoms with van der Waals surface area (Å²) in [7, 11) is 0. The topological polar surface area (TPSA) is 41.1 Å². The van der Waals surface area contributed by atoms with E-state index in [1.165, 1.54) is 57.8 Å². The summed E-state index contributed by atoms with van der Waals surface area (Å²) in [5.74, 6) is 0. The third kappa shape index (κ3) is 7.69. The van der Waals surface area contributed by atoms with Crippen LogP contribution in [0.1, 0.15) is 76.2 Å². The molecule has 0 heterocycles. The minimum Gasteiger partial charge on any atom is -0.335 e. The minimum atomic E-state index is -0.0390. The first kappa shape index (κ1) is 19.3. The third-order valence-electron chi connectivity index (χ3n) is 4.84. The van der Waals surface area contributed by atoms with Crippen LogP contribution in [0.5, 0.6) is 0 Å². The number of amides is 2. The maximum Gasteiger partial charge on any atom is 0.315 e. The van der Waals surface area contributed by atoms with Crippen LogP contribution < -0.4 is 10.6 Å². The van der Waals surface area contributed by atoms with E-state index in [0.29, 0.717) is 12.6 Å². The lowest BCUT2D eigenvalue weighted by molar-refractivity contribution is 0.234. The first-order valence-electron chi connectivity index (χ1n) is 9.53. The molecule has 0 radical (unpaired) electrons. The molecule has 2 amide bonds. The first-order valence-corrected chi connectivity index (χ1v) is 10.3. The molecule has 0 aromatic heterocycles. The Morgan fingerprint density at radius 1 is 0.917 bits per heavy atom. The van der Waals surface area contributed by atoms with Crippen molar-refractivity contribution < 1.29 is 4.79 Å². The second kappa shape index (κ2) is 11.5. The van der Waals surface area contributed by atoms with Gasteiger partial charge in [0.2, 0.25) is 0 Å². The monoisotopic (exact) mass is 394 g/mol. The summed E-state index contributed by atoms with van der Waals surface area (Å²) in [5, 5.41) is 6.19. The number of nitrogens with one attached hydrogen (secondary N) is 2. The summed E-state index contributed by atoms with van der Waals surface area (Å²) < 4.78 is 1.04. The van der Waals surface area contributed by atoms with E-state index in [2.05, 4.69) is 26.6 Å². The number of carbonyl (C=O) groups is 1. The molecule has 2 N–H and O–H groups in total. The van der Waals surface area contributed by atoms with E-state index in [9.17, 15) is 4.79 Å². The van der Waals surface area contributed by atoms with Crippen molar-refractivity contribution in [1.82, 2.24) is 10.6 Å². The van der Waals surface area contributed by atoms with Crippen molar-refractivity contribution in [3.8, 4) is 0 Å². The van der Waals surface area contributed by atoms with Gasteiger partial charge in [0.15, 0.2) is 0 Å². The molecule has 1 fully saturated rings. The fourth-order valence-corrected chi connectivity index (χ4v) is 3.79. The van der Waals surface area contributed by atoms with Gasteiger partial charge in [-0.15, -0.1) is 0 Å². The van der Waals surface area contributed by atoms with Gasteiger partial charge in [-0.05, 0) is 24.5 Å². The lowest BCUT2D eigenvalue weighted by Crippen LogP contribution is -2.41. The quantitative estimate of drug-likeness (QED) is 0.655. The Hall–Kier alpha value is -1.03. The molecule has 0 saturated heterocycles. The number of halogens is 1. The van der Waals surface area contributed by atoms with Crippen LogP contribution >= 0.6 is 15.9 Å². The molecule has 1 aliphatic carbocycles. The zero-order valence-corrected chi connectivity index (χ0v) is 16.2. The third-order valence-corrected chi connectivity index (χ3v) is 5.61. The largest absolute Gasteiger partial charge is 0.335 e. The van der Waals surface area contributed by atoms with Crippen LogP contribution in [-0.4, -0.2) is 12.1 Å². The number of hydrogen-bond donors (Lipinski definition) is 2. The lowest BCUT2D eigenvalue weighted by atomic mass is 9.98. The van der Waals surface area contributed by atoms with Gasteiger partial charge in [-0.2, -0.15) is 0 Å². The van der Waals surface area contributed by atoms with Crippen molar-refractivity contribution in [1.29, 1.82) is 0 Å². The molecule has 0 bridgehead atoms. The molecular weight excluding hydrogens is 364 g/mol. The van der Waals surface area contributed by atoms with Crippen LogP contribution in [0.3, 0.4) is 0 Å². The highest BCUT2D eigenvalue weighted by Gasteiger charge is 2.12. The zero-order valence-electron chi connectivity index (χ0n) is 14.7. The Labute approximate surface area is 155 Å². The number of urea groups is 1. The van der Waals surface area contributed by atoms with Gasteiger partial charge in [0.1, 0.15) is 0 Å². The second-order valence-corrected chi connectivity index (χ2v) is 7.73. The number of rotatable bonds is 3. The maximum atomic E-state index is 12.2. The molecule has 0 aliphatic heterocycles. The summed E-state index contributed by atoms with van der Waals surface area (Å²) in [5.41, 5.74) is 1.10. The van der Waals surface area contributed by atoms with Gasteiger partial charge in [-0.3, -0.25) is 0 Å². The van der Waals surface area contributed by atoms with E-state index in [0.717, 1.165) is 22.9 Å². The smallest absolute Gasteiger partial charge is 0.315 e. The Morgan fingerprint density at radius 3 is 2.04 bits per heavy atom. The lowest BCUT2D eigenvalue weighted by Gasteiger charge is -2.20. The summed E-state index contributed by atoms with van der Waals surface area (Å²) in [4.78, 5) is 12.2. The van der Waals surface area contributed by atoms with Crippen LogP contribution in [0.2, 0.25) is 0 Å². The second-order valence-electron chi connectivity index (χ2n) is 6.87. The Kier molecular flexibility index (Phi) is 9.26. The molecule has 134 valence electrons. The number of carbonyl (C=O) groups excluding carboxylic acids is 1. The van der Waals surface area contributed by atoms with E-state index in [1.54, 1.807) is 0 Å². The van der Waals surface area contributed by atoms with Gasteiger partial charge in [0.05, 0.1) is 0 Å². The summed E-state index contributed by atoms with van der Waals surface area (Å²) in [6.45, 7) is 0.556. The van der Waals surface area contributed by atoms with E-state index >= 15 is 0 Å². The zero-order chi connectivity index (χ0) is 17.0. The Morgan fingerprint density at radius 2 is 1.46 bits per heavy atom. The highest BCUT2D eigenvalue weighted by Crippen LogP contribution is 2.17. The van der Waals surface area contributed by atoms with Crippen LogP contribution in [-0.2, 0) is 6.54 Å². The minimum absolute atomic E-state index is 0.0390. The molecule has 24 heavy (non-hydrogen) atoms. The summed E-state index contributed by atoms with van der Waals surface area (Å²) >= 11 is 3.52. The number of benzene rings is 1. The highest BCUT2D eigenvalue weighted by atomic mass is 79.9. The van der Waals surface area contributed by atoms with Gasteiger partial charge < -0.3 is 10.6 Å². The molecule has 0 unspecified atom stereocenters. The molecule has 1 aromatic rings. The van der Waals surface area contributed by atoms with Crippen molar-refractivity contribution in [2.45, 2.75) is 83.2 Å². The average molecular weight is 395 g/mol. The van der Waals surface area contributed by atoms with Crippen molar-refractivity contribution in [2.24, 2.45) is 0 Å². The highest BCUT2D eigenvalue weighted by molar-refractivity contribution is 9.10. The molecule has 0 spiro atoms. The van der Waals surface area contributed by atoms with E-state index in [-0.39, 0.29) is 6.03 Å². The van der Waals surface area contributed by atoms with Gasteiger partial charge in [-0.1, -0.05) is 91.9 Å². The fraction of sp³-hybridized carbons (Fsp3) is 0.650. The van der Waals surface area contributed by atoms with E-state index in [1.807, 2.05) is 24.3 Å². The van der Waals surface area contributed by atoms with Gasteiger partial charge >= 0.3 is 6.03 Å². The van der Waals surface area contributed by atoms with E-state index < -0.39 is 0 Å². The molecule has 2 rings (SSSR count). The average Bonchev–Trinajstić information content (AvgIpc) is 2.56. The predicted molar refractivity (Wildman–Crippen MR) is 104 cm³/mol. The van der Waals surface area contributed by atoms with Crippen molar-refractivity contribution >= 4 is 22.0 Å². The SMILES string of the molecule is O=C(NCc1ccccc1Br)NC1CCCCCCCCCCC1. The van der Waals surface area contributed by atoms with Crippen LogP contribution in [0, 0.1) is 0 Å². The van der Waals surface area contributed by atoms with Gasteiger partial charge in [0, 0.05) is 17.1 Å². The van der Waals surface area contributed by atoms with E-state index in [4.69, 9.17) is 0 Å². The fourth-order valence-electron chi connectivity index (χ4n) is 3.36. The van der Waals surface area contributed by atoms with Gasteiger partial charge in [-0.25, -0.2) is 4.79 Å². The normalized spacial score (nSPS) is 18.2. The summed E-state index contributed by atoms with van der Waals surface area (Å²) in [6, 6.07) is 8.29. The van der Waals surface area contributed by atoms with Crippen molar-refractivity contribution in [3.05, 3.63) is 34.3 Å². The molecule has 0 atom stereocenters. The first-order chi connectivity index (χ1) is 11.8. The molecule has 1 aromatic carbocycles. The molecule has 1 saturated carbocycles. The van der Waals surface area contributed by atoms with Crippen molar-refractivity contribution in [2.75, 3.05) is 0 Å².